The van der Waals surface area contributed by atoms with Gasteiger partial charge in [-0.2, -0.15) is 4.98 Å². The van der Waals surface area contributed by atoms with Gasteiger partial charge in [0.05, 0.1) is 6.20 Å². The summed E-state index contributed by atoms with van der Waals surface area (Å²) in [7, 11) is 1.70. The highest BCUT2D eigenvalue weighted by Gasteiger charge is 2.08. The van der Waals surface area contributed by atoms with E-state index >= 15 is 0 Å². The van der Waals surface area contributed by atoms with Gasteiger partial charge in [-0.05, 0) is 18.2 Å². The van der Waals surface area contributed by atoms with Gasteiger partial charge < -0.3 is 10.1 Å². The van der Waals surface area contributed by atoms with Crippen LogP contribution >= 0.6 is 34.8 Å². The fraction of sp³-hybridized carbons (Fsp3) is 0.0909. The minimum atomic E-state index is 0.231. The molecule has 1 N–H and O–H groups in total. The molecule has 0 fully saturated rings. The number of halogens is 3. The third-order valence-corrected chi connectivity index (χ3v) is 2.68. The normalized spacial score (nSPS) is 10.2. The molecule has 94 valence electrons. The van der Waals surface area contributed by atoms with Crippen molar-refractivity contribution in [2.75, 3.05) is 12.4 Å². The predicted molar refractivity (Wildman–Crippen MR) is 73.1 cm³/mol. The zero-order valence-corrected chi connectivity index (χ0v) is 11.5. The molecule has 0 saturated carbocycles. The van der Waals surface area contributed by atoms with Crippen molar-refractivity contribution in [3.8, 4) is 11.6 Å². The third-order valence-electron chi connectivity index (χ3n) is 1.99. The van der Waals surface area contributed by atoms with Crippen LogP contribution in [0.3, 0.4) is 0 Å². The summed E-state index contributed by atoms with van der Waals surface area (Å²) < 4.78 is 5.52. The van der Waals surface area contributed by atoms with Gasteiger partial charge >= 0.3 is 0 Å². The van der Waals surface area contributed by atoms with Crippen LogP contribution in [0.15, 0.2) is 24.4 Å². The van der Waals surface area contributed by atoms with E-state index in [4.69, 9.17) is 39.5 Å². The van der Waals surface area contributed by atoms with E-state index in [9.17, 15) is 0 Å². The summed E-state index contributed by atoms with van der Waals surface area (Å²) in [6.07, 6.45) is 1.45. The topological polar surface area (TPSA) is 47.0 Å². The molecule has 7 heteroatoms. The Bertz CT molecular complexity index is 557. The molecular weight excluding hydrogens is 296 g/mol. The molecule has 0 aliphatic heterocycles. The number of aromatic nitrogens is 2. The molecule has 0 spiro atoms. The van der Waals surface area contributed by atoms with Crippen molar-refractivity contribution < 1.29 is 4.74 Å². The summed E-state index contributed by atoms with van der Waals surface area (Å²) in [6, 6.07) is 4.84. The van der Waals surface area contributed by atoms with Crippen LogP contribution in [0.25, 0.3) is 0 Å². The highest BCUT2D eigenvalue weighted by Crippen LogP contribution is 2.31. The van der Waals surface area contributed by atoms with Crippen LogP contribution in [-0.2, 0) is 0 Å². The largest absolute Gasteiger partial charge is 0.437 e. The van der Waals surface area contributed by atoms with E-state index in [-0.39, 0.29) is 5.88 Å². The van der Waals surface area contributed by atoms with Gasteiger partial charge in [-0.15, -0.1) is 0 Å². The molecule has 2 rings (SSSR count). The second kappa shape index (κ2) is 5.61. The van der Waals surface area contributed by atoms with Crippen molar-refractivity contribution in [1.82, 2.24) is 9.97 Å². The van der Waals surface area contributed by atoms with Crippen LogP contribution < -0.4 is 10.1 Å². The standard InChI is InChI=1S/C11H8Cl3N3O/c1-15-11-16-5-9(14)10(17-11)18-8-3-6(12)2-7(13)4-8/h2-5H,1H3,(H,15,16,17). The molecule has 0 atom stereocenters. The first kappa shape index (κ1) is 13.2. The highest BCUT2D eigenvalue weighted by atomic mass is 35.5. The van der Waals surface area contributed by atoms with Gasteiger partial charge in [0.1, 0.15) is 10.8 Å². The molecule has 1 aromatic heterocycles. The molecule has 1 heterocycles. The summed E-state index contributed by atoms with van der Waals surface area (Å²) in [4.78, 5) is 8.03. The smallest absolute Gasteiger partial charge is 0.243 e. The first-order valence-corrected chi connectivity index (χ1v) is 6.06. The van der Waals surface area contributed by atoms with Gasteiger partial charge in [0, 0.05) is 17.1 Å². The first-order chi connectivity index (χ1) is 8.58. The Balaban J connectivity index is 2.33. The van der Waals surface area contributed by atoms with Crippen LogP contribution in [-0.4, -0.2) is 17.0 Å². The fourth-order valence-corrected chi connectivity index (χ4v) is 1.88. The quantitative estimate of drug-likeness (QED) is 0.920. The van der Waals surface area contributed by atoms with E-state index in [0.29, 0.717) is 26.8 Å². The molecule has 0 amide bonds. The van der Waals surface area contributed by atoms with Crippen molar-refractivity contribution in [3.63, 3.8) is 0 Å². The lowest BCUT2D eigenvalue weighted by Crippen LogP contribution is -1.98. The van der Waals surface area contributed by atoms with Gasteiger partial charge in [-0.25, -0.2) is 4.98 Å². The summed E-state index contributed by atoms with van der Waals surface area (Å²) in [5.74, 6) is 1.09. The molecule has 0 radical (unpaired) electrons. The van der Waals surface area contributed by atoms with Crippen molar-refractivity contribution >= 4 is 40.8 Å². The molecule has 0 unspecified atom stereocenters. The average Bonchev–Trinajstić information content (AvgIpc) is 2.30. The van der Waals surface area contributed by atoms with Crippen LogP contribution in [0.5, 0.6) is 11.6 Å². The molecule has 0 bridgehead atoms. The van der Waals surface area contributed by atoms with E-state index in [0.717, 1.165) is 0 Å². The fourth-order valence-electron chi connectivity index (χ4n) is 1.24. The number of hydrogen-bond acceptors (Lipinski definition) is 4. The summed E-state index contributed by atoms with van der Waals surface area (Å²) in [5, 5.41) is 4.02. The molecular formula is C11H8Cl3N3O. The molecule has 0 aliphatic carbocycles. The number of nitrogens with zero attached hydrogens (tertiary/aromatic N) is 2. The monoisotopic (exact) mass is 303 g/mol. The van der Waals surface area contributed by atoms with Crippen LogP contribution in [0, 0.1) is 0 Å². The SMILES string of the molecule is CNc1ncc(Cl)c(Oc2cc(Cl)cc(Cl)c2)n1. The summed E-state index contributed by atoms with van der Waals surface area (Å²) in [6.45, 7) is 0. The Hall–Kier alpha value is -1.23. The Morgan fingerprint density at radius 2 is 1.78 bits per heavy atom. The summed E-state index contributed by atoms with van der Waals surface area (Å²) in [5.41, 5.74) is 0. The second-order valence-electron chi connectivity index (χ2n) is 3.30. The van der Waals surface area contributed by atoms with Gasteiger partial charge in [-0.1, -0.05) is 34.8 Å². The van der Waals surface area contributed by atoms with Gasteiger partial charge in [0.15, 0.2) is 0 Å². The molecule has 0 saturated heterocycles. The summed E-state index contributed by atoms with van der Waals surface area (Å²) >= 11 is 17.7. The number of rotatable bonds is 3. The van der Waals surface area contributed by atoms with Crippen LogP contribution in [0.4, 0.5) is 5.95 Å². The molecule has 18 heavy (non-hydrogen) atoms. The number of ether oxygens (including phenoxy) is 1. The Morgan fingerprint density at radius 1 is 1.11 bits per heavy atom. The van der Waals surface area contributed by atoms with Crippen molar-refractivity contribution in [2.24, 2.45) is 0 Å². The van der Waals surface area contributed by atoms with E-state index in [1.54, 1.807) is 25.2 Å². The second-order valence-corrected chi connectivity index (χ2v) is 4.58. The molecule has 2 aromatic rings. The van der Waals surface area contributed by atoms with Crippen LogP contribution in [0.2, 0.25) is 15.1 Å². The lowest BCUT2D eigenvalue weighted by atomic mass is 10.3. The number of anilines is 1. The van der Waals surface area contributed by atoms with Crippen molar-refractivity contribution in [2.45, 2.75) is 0 Å². The Labute approximate surface area is 119 Å². The van der Waals surface area contributed by atoms with Gasteiger partial charge in [0.25, 0.3) is 0 Å². The predicted octanol–water partition coefficient (Wildman–Crippen LogP) is 4.27. The Kier molecular flexibility index (Phi) is 4.11. The number of nitrogens with one attached hydrogen (secondary N) is 1. The lowest BCUT2D eigenvalue weighted by Gasteiger charge is -2.08. The number of benzene rings is 1. The molecule has 1 aromatic carbocycles. The van der Waals surface area contributed by atoms with E-state index in [1.165, 1.54) is 6.20 Å². The average molecular weight is 305 g/mol. The van der Waals surface area contributed by atoms with Crippen molar-refractivity contribution in [1.29, 1.82) is 0 Å². The van der Waals surface area contributed by atoms with E-state index in [1.807, 2.05) is 0 Å². The van der Waals surface area contributed by atoms with Gasteiger partial charge in [0.2, 0.25) is 11.8 Å². The maximum Gasteiger partial charge on any atom is 0.243 e. The third kappa shape index (κ3) is 3.16. The first-order valence-electron chi connectivity index (χ1n) is 4.92. The molecule has 4 nitrogen and oxygen atoms in total. The van der Waals surface area contributed by atoms with Crippen molar-refractivity contribution in [3.05, 3.63) is 39.5 Å². The highest BCUT2D eigenvalue weighted by molar-refractivity contribution is 6.34. The molecule has 0 aliphatic rings. The minimum Gasteiger partial charge on any atom is -0.437 e. The zero-order chi connectivity index (χ0) is 13.1. The maximum absolute atomic E-state index is 5.94. The number of hydrogen-bond donors (Lipinski definition) is 1. The Morgan fingerprint density at radius 3 is 2.39 bits per heavy atom. The van der Waals surface area contributed by atoms with E-state index in [2.05, 4.69) is 15.3 Å². The lowest BCUT2D eigenvalue weighted by molar-refractivity contribution is 0.463. The zero-order valence-electron chi connectivity index (χ0n) is 9.25. The van der Waals surface area contributed by atoms with Crippen LogP contribution in [0.1, 0.15) is 0 Å². The van der Waals surface area contributed by atoms with Gasteiger partial charge in [-0.3, -0.25) is 0 Å². The minimum absolute atomic E-state index is 0.231. The van der Waals surface area contributed by atoms with E-state index < -0.39 is 0 Å². The maximum atomic E-state index is 5.94.